The number of halogens is 1. The molecule has 2 N–H and O–H groups in total. The van der Waals surface area contributed by atoms with Crippen LogP contribution in [-0.4, -0.2) is 40.7 Å². The Morgan fingerprint density at radius 1 is 1.23 bits per heavy atom. The van der Waals surface area contributed by atoms with E-state index in [9.17, 15) is 14.0 Å². The molecule has 2 saturated carbocycles. The Morgan fingerprint density at radius 3 is 2.83 bits per heavy atom. The lowest BCUT2D eigenvalue weighted by Gasteiger charge is -2.47. The summed E-state index contributed by atoms with van der Waals surface area (Å²) in [5, 5.41) is 12.2. The first-order chi connectivity index (χ1) is 16.9. The van der Waals surface area contributed by atoms with Crippen molar-refractivity contribution in [3.8, 4) is 11.1 Å². The number of aromatic nitrogens is 1. The van der Waals surface area contributed by atoms with E-state index in [0.717, 1.165) is 42.5 Å². The van der Waals surface area contributed by atoms with Crippen molar-refractivity contribution in [2.24, 2.45) is 29.6 Å². The minimum atomic E-state index is -0.847. The van der Waals surface area contributed by atoms with Crippen LogP contribution >= 0.6 is 0 Å². The maximum Gasteiger partial charge on any atom is 0.317 e. The van der Waals surface area contributed by atoms with Crippen LogP contribution < -0.4 is 5.32 Å². The van der Waals surface area contributed by atoms with Crippen LogP contribution in [0.2, 0.25) is 0 Å². The van der Waals surface area contributed by atoms with Crippen molar-refractivity contribution < 1.29 is 23.8 Å². The number of esters is 1. The molecule has 0 amide bonds. The van der Waals surface area contributed by atoms with Gasteiger partial charge in [-0.25, -0.2) is 4.39 Å². The summed E-state index contributed by atoms with van der Waals surface area (Å²) in [6.45, 7) is 1.96. The molecule has 1 aromatic heterocycles. The third kappa shape index (κ3) is 5.01. The molecule has 3 fully saturated rings. The molecule has 0 radical (unpaired) electrons. The van der Waals surface area contributed by atoms with Gasteiger partial charge in [0.1, 0.15) is 11.9 Å². The summed E-state index contributed by atoms with van der Waals surface area (Å²) in [5.41, 5.74) is 2.46. The second-order valence-corrected chi connectivity index (χ2v) is 10.2. The molecule has 7 heteroatoms. The summed E-state index contributed by atoms with van der Waals surface area (Å²) in [7, 11) is 0. The normalized spacial score (nSPS) is 32.2. The van der Waals surface area contributed by atoms with Gasteiger partial charge >= 0.3 is 11.9 Å². The zero-order valence-corrected chi connectivity index (χ0v) is 19.8. The first kappa shape index (κ1) is 23.7. The number of nitrogens with zero attached hydrogens (tertiary/aromatic N) is 1. The lowest BCUT2D eigenvalue weighted by atomic mass is 9.57. The molecule has 2 heterocycles. The van der Waals surface area contributed by atoms with Gasteiger partial charge in [0.15, 0.2) is 0 Å². The molecule has 2 aliphatic carbocycles. The zero-order valence-electron chi connectivity index (χ0n) is 19.8. The summed E-state index contributed by atoms with van der Waals surface area (Å²) < 4.78 is 19.2. The second kappa shape index (κ2) is 9.90. The molecule has 6 nitrogen and oxygen atoms in total. The first-order valence-corrected chi connectivity index (χ1v) is 12.4. The number of cyclic esters (lactones) is 1. The highest BCUT2D eigenvalue weighted by atomic mass is 19.1. The van der Waals surface area contributed by atoms with Crippen LogP contribution in [-0.2, 0) is 14.3 Å². The molecule has 1 aliphatic heterocycles. The summed E-state index contributed by atoms with van der Waals surface area (Å²) in [6, 6.07) is 10.5. The molecule has 1 unspecified atom stereocenters. The number of carboxylic acids is 1. The van der Waals surface area contributed by atoms with Crippen molar-refractivity contribution >= 4 is 18.0 Å². The number of carbonyl (C=O) groups is 2. The van der Waals surface area contributed by atoms with Crippen molar-refractivity contribution in [1.29, 1.82) is 0 Å². The Labute approximate surface area is 204 Å². The van der Waals surface area contributed by atoms with Crippen molar-refractivity contribution in [1.82, 2.24) is 10.3 Å². The molecule has 1 aromatic carbocycles. The Bertz CT molecular complexity index is 1120. The molecule has 2 aromatic rings. The van der Waals surface area contributed by atoms with Gasteiger partial charge in [0, 0.05) is 23.7 Å². The number of aliphatic carboxylic acids is 1. The SMILES string of the molecule is C[C@H]1OC(=O)[C@@H]2C[C@@H]3CC(NCC(=O)O)CC[C@H]3[C@H](/C=C/c3ccc(-c4cccc(F)c4)cn3)[C@H]12. The van der Waals surface area contributed by atoms with Gasteiger partial charge in [0.25, 0.3) is 0 Å². The number of rotatable bonds is 6. The van der Waals surface area contributed by atoms with Crippen molar-refractivity contribution in [2.75, 3.05) is 6.54 Å². The number of hydrogen-bond donors (Lipinski definition) is 2. The van der Waals surface area contributed by atoms with Crippen LogP contribution in [0.1, 0.15) is 38.3 Å². The van der Waals surface area contributed by atoms with Gasteiger partial charge in [-0.1, -0.05) is 24.3 Å². The summed E-state index contributed by atoms with van der Waals surface area (Å²) >= 11 is 0. The molecular formula is C28H31FN2O4. The quantitative estimate of drug-likeness (QED) is 0.592. The molecular weight excluding hydrogens is 447 g/mol. The maximum atomic E-state index is 13.6. The number of carboxylic acid groups (broad SMARTS) is 1. The molecule has 35 heavy (non-hydrogen) atoms. The van der Waals surface area contributed by atoms with Crippen LogP contribution in [0, 0.1) is 35.4 Å². The predicted molar refractivity (Wildman–Crippen MR) is 130 cm³/mol. The molecule has 7 atom stereocenters. The number of pyridine rings is 1. The zero-order chi connectivity index (χ0) is 24.5. The number of benzene rings is 1. The van der Waals surface area contributed by atoms with Crippen LogP contribution in [0.4, 0.5) is 4.39 Å². The summed E-state index contributed by atoms with van der Waals surface area (Å²) in [6.07, 6.45) is 9.50. The standard InChI is InChI=1S/C28H31FN2O4/c1-16-27-24(10-7-21-6-5-18(14-30-21)17-3-2-4-20(29)11-17)23-9-8-22(31-15-26(32)33)12-19(23)13-25(27)28(34)35-16/h2-7,10-11,14,16,19,22-25,27,31H,8-9,12-13,15H2,1H3,(H,32,33)/b10-7+/t16-,19+,22?,23-,24+,25-,27+/m1/s1. The highest BCUT2D eigenvalue weighted by Gasteiger charge is 2.54. The summed E-state index contributed by atoms with van der Waals surface area (Å²) in [4.78, 5) is 28.2. The van der Waals surface area contributed by atoms with Gasteiger partial charge in [-0.3, -0.25) is 14.6 Å². The van der Waals surface area contributed by atoms with Gasteiger partial charge in [-0.15, -0.1) is 0 Å². The van der Waals surface area contributed by atoms with Crippen LogP contribution in [0.25, 0.3) is 17.2 Å². The van der Waals surface area contributed by atoms with Crippen LogP contribution in [0.3, 0.4) is 0 Å². The fourth-order valence-corrected chi connectivity index (χ4v) is 6.59. The number of allylic oxidation sites excluding steroid dienone is 1. The van der Waals surface area contributed by atoms with Crippen molar-refractivity contribution in [2.45, 2.75) is 44.8 Å². The molecule has 184 valence electrons. The van der Waals surface area contributed by atoms with Gasteiger partial charge in [0.2, 0.25) is 0 Å². The number of ether oxygens (including phenoxy) is 1. The Kier molecular flexibility index (Phi) is 6.69. The Morgan fingerprint density at radius 2 is 2.09 bits per heavy atom. The summed E-state index contributed by atoms with van der Waals surface area (Å²) in [5.74, 6) is -0.199. The fourth-order valence-electron chi connectivity index (χ4n) is 6.59. The van der Waals surface area contributed by atoms with Crippen LogP contribution in [0.5, 0.6) is 0 Å². The van der Waals surface area contributed by atoms with E-state index >= 15 is 0 Å². The highest BCUT2D eigenvalue weighted by molar-refractivity contribution is 5.75. The van der Waals surface area contributed by atoms with Gasteiger partial charge in [-0.05, 0) is 80.2 Å². The number of carbonyl (C=O) groups excluding carboxylic acids is 1. The van der Waals surface area contributed by atoms with Gasteiger partial charge in [-0.2, -0.15) is 0 Å². The molecule has 0 bridgehead atoms. The minimum absolute atomic E-state index is 0.0339. The topological polar surface area (TPSA) is 88.5 Å². The predicted octanol–water partition coefficient (Wildman–Crippen LogP) is 4.56. The average molecular weight is 479 g/mol. The van der Waals surface area contributed by atoms with E-state index in [1.54, 1.807) is 12.3 Å². The Hall–Kier alpha value is -3.06. The fraction of sp³-hybridized carbons (Fsp3) is 0.464. The third-order valence-electron chi connectivity index (χ3n) is 8.12. The van der Waals surface area contributed by atoms with E-state index in [1.165, 1.54) is 12.1 Å². The largest absolute Gasteiger partial charge is 0.480 e. The van der Waals surface area contributed by atoms with E-state index in [2.05, 4.69) is 16.4 Å². The average Bonchev–Trinajstić information content (AvgIpc) is 3.13. The van der Waals surface area contributed by atoms with E-state index in [4.69, 9.17) is 9.84 Å². The minimum Gasteiger partial charge on any atom is -0.480 e. The number of nitrogens with one attached hydrogen (secondary N) is 1. The third-order valence-corrected chi connectivity index (χ3v) is 8.12. The lowest BCUT2D eigenvalue weighted by molar-refractivity contribution is -0.144. The van der Waals surface area contributed by atoms with E-state index < -0.39 is 5.97 Å². The van der Waals surface area contributed by atoms with Gasteiger partial charge < -0.3 is 15.2 Å². The van der Waals surface area contributed by atoms with Gasteiger partial charge in [0.05, 0.1) is 18.2 Å². The van der Waals surface area contributed by atoms with Crippen LogP contribution in [0.15, 0.2) is 48.7 Å². The number of hydrogen-bond acceptors (Lipinski definition) is 5. The molecule has 0 spiro atoms. The second-order valence-electron chi connectivity index (χ2n) is 10.2. The molecule has 3 aliphatic rings. The smallest absolute Gasteiger partial charge is 0.317 e. The van der Waals surface area contributed by atoms with E-state index in [1.807, 2.05) is 31.2 Å². The van der Waals surface area contributed by atoms with Crippen molar-refractivity contribution in [3.63, 3.8) is 0 Å². The van der Waals surface area contributed by atoms with Crippen molar-refractivity contribution in [3.05, 3.63) is 60.2 Å². The molecule has 1 saturated heterocycles. The highest BCUT2D eigenvalue weighted by Crippen LogP contribution is 2.53. The van der Waals surface area contributed by atoms with E-state index in [0.29, 0.717) is 11.8 Å². The Balaban J connectivity index is 1.35. The monoisotopic (exact) mass is 478 g/mol. The first-order valence-electron chi connectivity index (χ1n) is 12.4. The maximum absolute atomic E-state index is 13.6. The lowest BCUT2D eigenvalue weighted by Crippen LogP contribution is -2.48. The number of fused-ring (bicyclic) bond motifs is 2. The van der Waals surface area contributed by atoms with E-state index in [-0.39, 0.29) is 48.2 Å². The molecule has 5 rings (SSSR count).